The van der Waals surface area contributed by atoms with E-state index in [-0.39, 0.29) is 78.7 Å². The minimum Gasteiger partial charge on any atom is -1.00 e. The standard InChI is InChI=1S/C36H54N3O8.ClH/c1-17-18(2)34(8)21(5)33(17,7)25-26(34)30(43)37(29(25)42)46-15-23(40)13-39(11,12)14-24(41)16-47-38-31(44)27-28(32(38)45)36(10)20(4)19(3)35(27,9)22(36)6;/h21-28,40-41H,13-16H2,1-12H3;1H/q+1;/p-1/t21?,22?,23?,24?,25?,26?,27?,28?,33-,34+,35-,36+;. The van der Waals surface area contributed by atoms with Gasteiger partial charge in [-0.05, 0) is 39.5 Å². The Bertz CT molecular complexity index is 1340. The van der Waals surface area contributed by atoms with Gasteiger partial charge in [-0.3, -0.25) is 28.9 Å². The maximum absolute atomic E-state index is 13.6. The number of halogens is 1. The Kier molecular flexibility index (Phi) is 8.64. The molecule has 6 aliphatic rings. The molecule has 4 bridgehead atoms. The summed E-state index contributed by atoms with van der Waals surface area (Å²) in [6.07, 6.45) is -2.08. The van der Waals surface area contributed by atoms with Gasteiger partial charge in [-0.2, -0.15) is 10.1 Å². The molecule has 48 heavy (non-hydrogen) atoms. The van der Waals surface area contributed by atoms with Crippen LogP contribution in [0.3, 0.4) is 0 Å². The summed E-state index contributed by atoms with van der Waals surface area (Å²) in [5, 5.41) is 23.5. The van der Waals surface area contributed by atoms with Gasteiger partial charge in [0.2, 0.25) is 0 Å². The number of rotatable bonds is 10. The average molecular weight is 692 g/mol. The fraction of sp³-hybridized carbons (Fsp3) is 0.778. The van der Waals surface area contributed by atoms with Gasteiger partial charge in [0.25, 0.3) is 23.6 Å². The molecule has 4 amide bonds. The lowest BCUT2D eigenvalue weighted by molar-refractivity contribution is -0.896. The smallest absolute Gasteiger partial charge is 0.258 e. The molecule has 8 unspecified atom stereocenters. The molecule has 2 N–H and O–H groups in total. The first-order chi connectivity index (χ1) is 21.5. The number of amides is 4. The van der Waals surface area contributed by atoms with Crippen molar-refractivity contribution in [2.75, 3.05) is 40.4 Å². The van der Waals surface area contributed by atoms with E-state index in [1.807, 2.05) is 14.1 Å². The second kappa shape index (κ2) is 11.2. The SMILES string of the molecule is CC1=C(C)[C@]2(C)C3C(=O)N(OCC(O)C[N+](C)(C)CC(O)CON4C(=O)C5C(C4=O)[C@@]4(C)C(C)=C(C)[C@]5(C)C4C)C(=O)C3[C@@]1(C)C2C.[Cl-]. The molecule has 0 aromatic rings. The largest absolute Gasteiger partial charge is 1.00 e. The second-order valence-electron chi connectivity index (χ2n) is 17.1. The minimum absolute atomic E-state index is 0. The number of carbonyl (C=O) groups is 4. The normalized spacial score (nSPS) is 42.8. The fourth-order valence-corrected chi connectivity index (χ4v) is 11.8. The van der Waals surface area contributed by atoms with Crippen LogP contribution < -0.4 is 12.4 Å². The highest BCUT2D eigenvalue weighted by molar-refractivity contribution is 6.07. The van der Waals surface area contributed by atoms with E-state index in [0.717, 1.165) is 10.1 Å². The van der Waals surface area contributed by atoms with Crippen LogP contribution in [0.25, 0.3) is 0 Å². The van der Waals surface area contributed by atoms with E-state index in [1.54, 1.807) is 0 Å². The first kappa shape index (κ1) is 37.1. The van der Waals surface area contributed by atoms with Gasteiger partial charge < -0.3 is 27.1 Å². The van der Waals surface area contributed by atoms with Gasteiger partial charge in [0.1, 0.15) is 38.5 Å². The number of likely N-dealkylation sites (N-methyl/N-ethyl adjacent to an activating group) is 1. The van der Waals surface area contributed by atoms with Crippen molar-refractivity contribution in [3.63, 3.8) is 0 Å². The number of aliphatic hydroxyl groups excluding tert-OH is 2. The molecule has 0 radical (unpaired) electrons. The quantitative estimate of drug-likeness (QED) is 0.184. The van der Waals surface area contributed by atoms with Gasteiger partial charge in [-0.25, -0.2) is 0 Å². The van der Waals surface area contributed by atoms with Gasteiger partial charge in [0.15, 0.2) is 0 Å². The van der Waals surface area contributed by atoms with E-state index in [1.165, 1.54) is 22.3 Å². The van der Waals surface area contributed by atoms with Crippen molar-refractivity contribution in [2.45, 2.75) is 81.4 Å². The molecule has 2 heterocycles. The summed E-state index contributed by atoms with van der Waals surface area (Å²) in [5.74, 6) is -3.03. The number of aliphatic hydroxyl groups is 2. The number of allylic oxidation sites excluding steroid dienone is 4. The molecule has 11 nitrogen and oxygen atoms in total. The Morgan fingerprint density at radius 1 is 0.604 bits per heavy atom. The highest BCUT2D eigenvalue weighted by Crippen LogP contribution is 2.75. The van der Waals surface area contributed by atoms with Gasteiger partial charge in [-0.1, -0.05) is 63.8 Å². The van der Waals surface area contributed by atoms with Crippen molar-refractivity contribution in [3.8, 4) is 0 Å². The summed E-state index contributed by atoms with van der Waals surface area (Å²) in [6.45, 7) is 20.6. The van der Waals surface area contributed by atoms with Crippen molar-refractivity contribution in [1.29, 1.82) is 0 Å². The van der Waals surface area contributed by atoms with Crippen LogP contribution in [0.15, 0.2) is 22.3 Å². The Labute approximate surface area is 290 Å². The van der Waals surface area contributed by atoms with Crippen LogP contribution in [-0.4, -0.2) is 101 Å². The highest BCUT2D eigenvalue weighted by atomic mass is 35.5. The lowest BCUT2D eigenvalue weighted by atomic mass is 9.66. The lowest BCUT2D eigenvalue weighted by Crippen LogP contribution is -3.00. The van der Waals surface area contributed by atoms with E-state index in [2.05, 4.69) is 69.2 Å². The zero-order valence-corrected chi connectivity index (χ0v) is 31.3. The Hall–Kier alpha value is -2.15. The van der Waals surface area contributed by atoms with Crippen molar-refractivity contribution in [1.82, 2.24) is 10.1 Å². The van der Waals surface area contributed by atoms with Crippen LogP contribution in [0.1, 0.15) is 69.2 Å². The third-order valence-electron chi connectivity index (χ3n) is 15.3. The zero-order chi connectivity index (χ0) is 35.1. The average Bonchev–Trinajstić information content (AvgIpc) is 3.61. The number of imide groups is 2. The first-order valence-corrected chi connectivity index (χ1v) is 17.1. The van der Waals surface area contributed by atoms with E-state index < -0.39 is 57.5 Å². The molecule has 0 aromatic carbocycles. The van der Waals surface area contributed by atoms with Crippen LogP contribution >= 0.6 is 0 Å². The van der Waals surface area contributed by atoms with Crippen LogP contribution in [0.2, 0.25) is 0 Å². The molecular formula is C36H54ClN3O8. The molecule has 4 fully saturated rings. The lowest BCUT2D eigenvalue weighted by Gasteiger charge is -2.35. The van der Waals surface area contributed by atoms with E-state index in [9.17, 15) is 29.4 Å². The molecule has 12 atom stereocenters. The number of carbonyl (C=O) groups excluding carboxylic acids is 4. The van der Waals surface area contributed by atoms with Crippen LogP contribution in [0, 0.1) is 57.2 Å². The molecule has 0 spiro atoms. The summed E-state index contributed by atoms with van der Waals surface area (Å²) in [5.41, 5.74) is 3.01. The maximum atomic E-state index is 13.6. The number of hydroxylamine groups is 4. The molecule has 0 aromatic heterocycles. The topological polar surface area (TPSA) is 134 Å². The predicted molar refractivity (Wildman–Crippen MR) is 171 cm³/mol. The number of hydrogen-bond donors (Lipinski definition) is 2. The van der Waals surface area contributed by atoms with Gasteiger partial charge in [0, 0.05) is 21.7 Å². The molecule has 268 valence electrons. The molecule has 12 heteroatoms. The number of nitrogens with zero attached hydrogens (tertiary/aromatic N) is 3. The Morgan fingerprint density at radius 3 is 1.06 bits per heavy atom. The van der Waals surface area contributed by atoms with Crippen molar-refractivity contribution in [2.24, 2.45) is 57.2 Å². The molecule has 2 saturated carbocycles. The predicted octanol–water partition coefficient (Wildman–Crippen LogP) is -0.121. The fourth-order valence-electron chi connectivity index (χ4n) is 11.8. The van der Waals surface area contributed by atoms with Gasteiger partial charge in [0.05, 0.1) is 37.8 Å². The molecule has 4 aliphatic carbocycles. The molecule has 2 saturated heterocycles. The van der Waals surface area contributed by atoms with E-state index >= 15 is 0 Å². The Morgan fingerprint density at radius 2 is 0.833 bits per heavy atom. The molecular weight excluding hydrogens is 638 g/mol. The number of hydrogen-bond acceptors (Lipinski definition) is 8. The Balaban J connectivity index is 0.00000451. The van der Waals surface area contributed by atoms with Crippen molar-refractivity contribution < 1.29 is 56.0 Å². The second-order valence-corrected chi connectivity index (χ2v) is 17.1. The molecule has 2 aliphatic heterocycles. The van der Waals surface area contributed by atoms with Crippen molar-refractivity contribution >= 4 is 23.6 Å². The summed E-state index contributed by atoms with van der Waals surface area (Å²) in [4.78, 5) is 65.7. The monoisotopic (exact) mass is 691 g/mol. The summed E-state index contributed by atoms with van der Waals surface area (Å²) in [7, 11) is 3.63. The van der Waals surface area contributed by atoms with Crippen molar-refractivity contribution in [3.05, 3.63) is 22.3 Å². The maximum Gasteiger partial charge on any atom is 0.258 e. The van der Waals surface area contributed by atoms with E-state index in [4.69, 9.17) is 9.68 Å². The van der Waals surface area contributed by atoms with Gasteiger partial charge >= 0.3 is 0 Å². The number of quaternary nitrogens is 1. The summed E-state index contributed by atoms with van der Waals surface area (Å²) < 4.78 is 0.154. The van der Waals surface area contributed by atoms with Crippen LogP contribution in [0.5, 0.6) is 0 Å². The van der Waals surface area contributed by atoms with Gasteiger partial charge in [-0.15, -0.1) is 0 Å². The van der Waals surface area contributed by atoms with Crippen LogP contribution in [0.4, 0.5) is 0 Å². The minimum atomic E-state index is -1.04. The third kappa shape index (κ3) is 4.24. The first-order valence-electron chi connectivity index (χ1n) is 17.1. The van der Waals surface area contributed by atoms with E-state index in [0.29, 0.717) is 0 Å². The zero-order valence-electron chi connectivity index (χ0n) is 30.5. The van der Waals surface area contributed by atoms with Crippen LogP contribution in [-0.2, 0) is 28.9 Å². The third-order valence-corrected chi connectivity index (χ3v) is 15.3. The summed E-state index contributed by atoms with van der Waals surface area (Å²) >= 11 is 0. The number of fused-ring (bicyclic) bond motifs is 10. The molecule has 6 rings (SSSR count). The highest BCUT2D eigenvalue weighted by Gasteiger charge is 2.77. The summed E-state index contributed by atoms with van der Waals surface area (Å²) in [6, 6.07) is 0.